The molecule has 0 fully saturated rings. The molecular formula is C5H12Cl3NO2. The van der Waals surface area contributed by atoms with Crippen molar-refractivity contribution >= 4 is 41.2 Å². The van der Waals surface area contributed by atoms with Gasteiger partial charge in [-0.05, 0) is 0 Å². The van der Waals surface area contributed by atoms with Gasteiger partial charge in [0.1, 0.15) is 0 Å². The number of halogens is 3. The van der Waals surface area contributed by atoms with Gasteiger partial charge in [0.15, 0.2) is 4.30 Å². The Kier molecular flexibility index (Phi) is 26.4. The van der Waals surface area contributed by atoms with Crippen molar-refractivity contribution in [3.8, 4) is 0 Å². The number of carbonyl (C=O) groups excluding carboxylic acids is 1. The van der Waals surface area contributed by atoms with E-state index in [4.69, 9.17) is 39.9 Å². The van der Waals surface area contributed by atoms with Crippen molar-refractivity contribution in [3.05, 3.63) is 0 Å². The highest BCUT2D eigenvalue weighted by Crippen LogP contribution is 2.03. The standard InChI is InChI=1S/C3H7NO.CHCl3.CH4O/c1-4(2)3-5;2-1(3)4;1-2/h3H,1-2H3;1H;2H,1H3. The predicted molar refractivity (Wildman–Crippen MR) is 49.2 cm³/mol. The number of hydrogen-bond donors (Lipinski definition) is 1. The molecule has 3 nitrogen and oxygen atoms in total. The largest absolute Gasteiger partial charge is 0.400 e. The smallest absolute Gasteiger partial charge is 0.209 e. The van der Waals surface area contributed by atoms with Crippen molar-refractivity contribution in [2.75, 3.05) is 21.2 Å². The topological polar surface area (TPSA) is 40.5 Å². The van der Waals surface area contributed by atoms with Crippen LogP contribution in [-0.2, 0) is 4.79 Å². The van der Waals surface area contributed by atoms with Gasteiger partial charge in [-0.2, -0.15) is 0 Å². The predicted octanol–water partition coefficient (Wildman–Crippen LogP) is 1.30. The molecule has 0 atom stereocenters. The summed E-state index contributed by atoms with van der Waals surface area (Å²) in [6.45, 7) is 0. The Labute approximate surface area is 81.8 Å². The Morgan fingerprint density at radius 1 is 1.27 bits per heavy atom. The number of hydrogen-bond acceptors (Lipinski definition) is 2. The van der Waals surface area contributed by atoms with Crippen LogP contribution >= 0.6 is 34.8 Å². The molecule has 70 valence electrons. The molecule has 0 aliphatic heterocycles. The summed E-state index contributed by atoms with van der Waals surface area (Å²) in [6.07, 6.45) is 0.750. The first-order valence-corrected chi connectivity index (χ1v) is 3.80. The lowest BCUT2D eigenvalue weighted by Gasteiger charge is -1.93. The fourth-order valence-electron chi connectivity index (χ4n) is 0. The molecule has 11 heavy (non-hydrogen) atoms. The molecular weight excluding hydrogens is 212 g/mol. The average molecular weight is 225 g/mol. The number of aliphatic hydroxyl groups excluding tert-OH is 1. The van der Waals surface area contributed by atoms with Gasteiger partial charge in [-0.25, -0.2) is 0 Å². The maximum Gasteiger partial charge on any atom is 0.209 e. The summed E-state index contributed by atoms with van der Waals surface area (Å²) in [4.78, 5) is 10.9. The summed E-state index contributed by atoms with van der Waals surface area (Å²) in [5.74, 6) is 0. The Morgan fingerprint density at radius 2 is 1.36 bits per heavy atom. The zero-order chi connectivity index (χ0) is 9.86. The molecule has 1 N–H and O–H groups in total. The first-order valence-electron chi connectivity index (χ1n) is 2.49. The number of aliphatic hydroxyl groups is 1. The maximum atomic E-state index is 9.43. The molecule has 6 heteroatoms. The van der Waals surface area contributed by atoms with E-state index in [1.165, 1.54) is 4.90 Å². The summed E-state index contributed by atoms with van der Waals surface area (Å²) in [5, 5.41) is 7.00. The van der Waals surface area contributed by atoms with Crippen LogP contribution in [-0.4, -0.2) is 41.9 Å². The van der Waals surface area contributed by atoms with Crippen LogP contribution in [0, 0.1) is 0 Å². The highest BCUT2D eigenvalue weighted by atomic mass is 35.6. The number of amides is 1. The quantitative estimate of drug-likeness (QED) is 0.539. The van der Waals surface area contributed by atoms with Gasteiger partial charge in [0.25, 0.3) is 0 Å². The van der Waals surface area contributed by atoms with E-state index in [1.54, 1.807) is 14.1 Å². The number of alkyl halides is 3. The van der Waals surface area contributed by atoms with E-state index in [0.717, 1.165) is 13.5 Å². The Balaban J connectivity index is -0.0000000965. The number of rotatable bonds is 1. The zero-order valence-electron chi connectivity index (χ0n) is 6.59. The van der Waals surface area contributed by atoms with E-state index in [-0.39, 0.29) is 0 Å². The van der Waals surface area contributed by atoms with E-state index in [1.807, 2.05) is 0 Å². The minimum absolute atomic E-state index is 0.750. The van der Waals surface area contributed by atoms with Crippen LogP contribution < -0.4 is 0 Å². The van der Waals surface area contributed by atoms with Crippen molar-refractivity contribution in [2.45, 2.75) is 4.30 Å². The Hall–Kier alpha value is 0.300. The molecule has 0 bridgehead atoms. The molecule has 0 aromatic carbocycles. The second-order valence-electron chi connectivity index (χ2n) is 1.32. The van der Waals surface area contributed by atoms with Crippen LogP contribution in [0.4, 0.5) is 0 Å². The molecule has 0 aromatic rings. The average Bonchev–Trinajstić information content (AvgIpc) is 1.91. The number of carbonyl (C=O) groups is 1. The molecule has 0 radical (unpaired) electrons. The van der Waals surface area contributed by atoms with E-state index in [2.05, 4.69) is 0 Å². The molecule has 0 saturated heterocycles. The number of nitrogens with zero attached hydrogens (tertiary/aromatic N) is 1. The lowest BCUT2D eigenvalue weighted by atomic mass is 11.0. The van der Waals surface area contributed by atoms with Gasteiger partial charge in [-0.15, -0.1) is 0 Å². The summed E-state index contributed by atoms with van der Waals surface area (Å²) >= 11 is 14.4. The van der Waals surface area contributed by atoms with Crippen LogP contribution in [0.3, 0.4) is 0 Å². The molecule has 0 heterocycles. The molecule has 0 rings (SSSR count). The van der Waals surface area contributed by atoms with Crippen molar-refractivity contribution in [3.63, 3.8) is 0 Å². The SMILES string of the molecule is CN(C)C=O.CO.ClC(Cl)Cl. The van der Waals surface area contributed by atoms with Gasteiger partial charge in [-0.1, -0.05) is 34.8 Å². The van der Waals surface area contributed by atoms with Gasteiger partial charge < -0.3 is 10.0 Å². The summed E-state index contributed by atoms with van der Waals surface area (Å²) in [5.41, 5.74) is 0. The third kappa shape index (κ3) is 134. The molecule has 0 unspecified atom stereocenters. The summed E-state index contributed by atoms with van der Waals surface area (Å²) in [7, 11) is 4.38. The van der Waals surface area contributed by atoms with Gasteiger partial charge in [0, 0.05) is 21.2 Å². The lowest BCUT2D eigenvalue weighted by Crippen LogP contribution is -2.06. The Bertz CT molecular complexity index is 68.0. The van der Waals surface area contributed by atoms with Crippen molar-refractivity contribution in [1.29, 1.82) is 0 Å². The van der Waals surface area contributed by atoms with Crippen molar-refractivity contribution in [1.82, 2.24) is 4.90 Å². The fraction of sp³-hybridized carbons (Fsp3) is 0.800. The minimum atomic E-state index is -0.750. The van der Waals surface area contributed by atoms with Crippen molar-refractivity contribution < 1.29 is 9.90 Å². The second kappa shape index (κ2) is 16.7. The highest BCUT2D eigenvalue weighted by molar-refractivity contribution is 6.63. The van der Waals surface area contributed by atoms with Gasteiger partial charge in [0.05, 0.1) is 0 Å². The minimum Gasteiger partial charge on any atom is -0.400 e. The van der Waals surface area contributed by atoms with E-state index in [9.17, 15) is 4.79 Å². The third-order valence-corrected chi connectivity index (χ3v) is 0.211. The van der Waals surface area contributed by atoms with Gasteiger partial charge in [-0.3, -0.25) is 4.79 Å². The lowest BCUT2D eigenvalue weighted by molar-refractivity contribution is -0.115. The first kappa shape index (κ1) is 17.4. The molecule has 0 saturated carbocycles. The van der Waals surface area contributed by atoms with Gasteiger partial charge in [0.2, 0.25) is 6.41 Å². The summed E-state index contributed by atoms with van der Waals surface area (Å²) in [6, 6.07) is 0. The van der Waals surface area contributed by atoms with E-state index < -0.39 is 4.30 Å². The maximum absolute atomic E-state index is 9.43. The fourth-order valence-corrected chi connectivity index (χ4v) is 0. The summed E-state index contributed by atoms with van der Waals surface area (Å²) < 4.78 is -0.750. The molecule has 0 spiro atoms. The second-order valence-corrected chi connectivity index (χ2v) is 3.30. The highest BCUT2D eigenvalue weighted by Gasteiger charge is 1.78. The van der Waals surface area contributed by atoms with E-state index >= 15 is 0 Å². The normalized spacial score (nSPS) is 6.91. The van der Waals surface area contributed by atoms with Crippen LogP contribution in [0.5, 0.6) is 0 Å². The van der Waals surface area contributed by atoms with Crippen LogP contribution in [0.2, 0.25) is 0 Å². The van der Waals surface area contributed by atoms with Crippen LogP contribution in [0.25, 0.3) is 0 Å². The monoisotopic (exact) mass is 223 g/mol. The zero-order valence-corrected chi connectivity index (χ0v) is 8.86. The first-order chi connectivity index (χ1) is 5.00. The molecule has 1 amide bonds. The van der Waals surface area contributed by atoms with Crippen LogP contribution in [0.1, 0.15) is 0 Å². The molecule has 0 aliphatic carbocycles. The molecule has 0 aliphatic rings. The molecule has 0 aromatic heterocycles. The Morgan fingerprint density at radius 3 is 1.36 bits per heavy atom. The van der Waals surface area contributed by atoms with Gasteiger partial charge >= 0.3 is 0 Å². The third-order valence-electron chi connectivity index (χ3n) is 0.211. The van der Waals surface area contributed by atoms with Crippen molar-refractivity contribution in [2.24, 2.45) is 0 Å². The van der Waals surface area contributed by atoms with E-state index in [0.29, 0.717) is 0 Å². The van der Waals surface area contributed by atoms with Crippen LogP contribution in [0.15, 0.2) is 0 Å².